The molecule has 0 saturated carbocycles. The van der Waals surface area contributed by atoms with Gasteiger partial charge >= 0.3 is 6.09 Å². The van der Waals surface area contributed by atoms with Crippen LogP contribution in [0.25, 0.3) is 5.52 Å². The number of aromatic nitrogens is 3. The number of anilines is 1. The van der Waals surface area contributed by atoms with Crippen molar-refractivity contribution in [3.8, 4) is 0 Å². The van der Waals surface area contributed by atoms with Gasteiger partial charge in [-0.05, 0) is 18.6 Å². The number of carbonyl (C=O) groups is 1. The van der Waals surface area contributed by atoms with Gasteiger partial charge in [-0.2, -0.15) is 5.10 Å². The zero-order valence-electron chi connectivity index (χ0n) is 10.6. The highest BCUT2D eigenvalue weighted by atomic mass is 79.9. The van der Waals surface area contributed by atoms with E-state index in [0.29, 0.717) is 18.9 Å². The number of hydrogen-bond acceptors (Lipinski definition) is 4. The van der Waals surface area contributed by atoms with Gasteiger partial charge in [-0.25, -0.2) is 14.3 Å². The summed E-state index contributed by atoms with van der Waals surface area (Å²) in [5.74, 6) is 0.641. The van der Waals surface area contributed by atoms with Crippen LogP contribution in [-0.4, -0.2) is 48.6 Å². The largest absolute Gasteiger partial charge is 0.465 e. The van der Waals surface area contributed by atoms with Crippen molar-refractivity contribution in [1.29, 1.82) is 0 Å². The van der Waals surface area contributed by atoms with Crippen LogP contribution in [0, 0.1) is 0 Å². The van der Waals surface area contributed by atoms with E-state index in [0.717, 1.165) is 17.6 Å². The van der Waals surface area contributed by atoms with Gasteiger partial charge in [0.05, 0.1) is 0 Å². The number of fused-ring (bicyclic) bond motifs is 1. The van der Waals surface area contributed by atoms with Crippen molar-refractivity contribution in [1.82, 2.24) is 19.5 Å². The minimum atomic E-state index is -0.875. The average Bonchev–Trinajstić information content (AvgIpc) is 2.84. The molecule has 2 aromatic heterocycles. The molecule has 2 aromatic rings. The Balaban J connectivity index is 1.92. The van der Waals surface area contributed by atoms with Crippen LogP contribution in [0.15, 0.2) is 18.5 Å². The van der Waals surface area contributed by atoms with Crippen LogP contribution in [0.2, 0.25) is 0 Å². The van der Waals surface area contributed by atoms with Crippen LogP contribution in [0.5, 0.6) is 0 Å². The molecule has 0 bridgehead atoms. The highest BCUT2D eigenvalue weighted by Crippen LogP contribution is 2.34. The number of nitrogens with two attached hydrogens (primary N) is 1. The maximum absolute atomic E-state index is 11.0. The van der Waals surface area contributed by atoms with Crippen LogP contribution >= 0.6 is 15.9 Å². The van der Waals surface area contributed by atoms with E-state index < -0.39 is 6.09 Å². The molecule has 8 heteroatoms. The number of alkyl halides is 1. The standard InChI is InChI=1S/C12H14BrN5O2/c13-8-5-17(12(19)20)4-3-7(8)9-1-2-10-11(14)15-6-16-18(9)10/h1-2,6-8H,3-5H2,(H,19,20)(H2,14,15,16). The predicted octanol–water partition coefficient (Wildman–Crippen LogP) is 1.54. The molecule has 2 atom stereocenters. The third-order valence-corrected chi connectivity index (χ3v) is 4.63. The Morgan fingerprint density at radius 3 is 3.00 bits per heavy atom. The van der Waals surface area contributed by atoms with E-state index in [4.69, 9.17) is 10.8 Å². The second kappa shape index (κ2) is 4.93. The Bertz CT molecular complexity index is 658. The van der Waals surface area contributed by atoms with E-state index in [1.165, 1.54) is 11.2 Å². The smallest absolute Gasteiger partial charge is 0.407 e. The van der Waals surface area contributed by atoms with Crippen LogP contribution < -0.4 is 5.73 Å². The number of rotatable bonds is 1. The summed E-state index contributed by atoms with van der Waals surface area (Å²) in [6, 6.07) is 3.88. The number of amides is 1. The summed E-state index contributed by atoms with van der Waals surface area (Å²) in [4.78, 5) is 16.5. The van der Waals surface area contributed by atoms with E-state index >= 15 is 0 Å². The van der Waals surface area contributed by atoms with E-state index in [1.54, 1.807) is 4.52 Å². The molecular formula is C12H14BrN5O2. The molecule has 7 nitrogen and oxygen atoms in total. The van der Waals surface area contributed by atoms with Gasteiger partial charge in [0.15, 0.2) is 5.82 Å². The molecule has 3 heterocycles. The van der Waals surface area contributed by atoms with Crippen molar-refractivity contribution < 1.29 is 9.90 Å². The molecular weight excluding hydrogens is 326 g/mol. The first kappa shape index (κ1) is 13.2. The monoisotopic (exact) mass is 339 g/mol. The molecule has 1 amide bonds. The lowest BCUT2D eigenvalue weighted by molar-refractivity contribution is 0.133. The molecule has 20 heavy (non-hydrogen) atoms. The van der Waals surface area contributed by atoms with E-state index in [9.17, 15) is 4.79 Å². The summed E-state index contributed by atoms with van der Waals surface area (Å²) in [7, 11) is 0. The first-order valence-electron chi connectivity index (χ1n) is 6.28. The van der Waals surface area contributed by atoms with Crippen molar-refractivity contribution in [2.45, 2.75) is 17.2 Å². The number of nitrogen functional groups attached to an aromatic ring is 1. The van der Waals surface area contributed by atoms with Crippen molar-refractivity contribution in [2.24, 2.45) is 0 Å². The number of nitrogens with zero attached hydrogens (tertiary/aromatic N) is 4. The number of carboxylic acid groups (broad SMARTS) is 1. The number of likely N-dealkylation sites (tertiary alicyclic amines) is 1. The van der Waals surface area contributed by atoms with Crippen molar-refractivity contribution in [3.63, 3.8) is 0 Å². The van der Waals surface area contributed by atoms with Crippen molar-refractivity contribution >= 4 is 33.4 Å². The molecule has 1 saturated heterocycles. The number of halogens is 1. The molecule has 1 aliphatic heterocycles. The van der Waals surface area contributed by atoms with Crippen molar-refractivity contribution in [2.75, 3.05) is 18.8 Å². The van der Waals surface area contributed by atoms with E-state index in [1.807, 2.05) is 12.1 Å². The Labute approximate surface area is 123 Å². The molecule has 1 fully saturated rings. The summed E-state index contributed by atoms with van der Waals surface area (Å²) in [6.07, 6.45) is 1.30. The third-order valence-electron chi connectivity index (χ3n) is 3.70. The van der Waals surface area contributed by atoms with Crippen LogP contribution in [-0.2, 0) is 0 Å². The minimum Gasteiger partial charge on any atom is -0.465 e. The van der Waals surface area contributed by atoms with E-state index in [-0.39, 0.29) is 10.7 Å². The Morgan fingerprint density at radius 2 is 2.30 bits per heavy atom. The highest BCUT2D eigenvalue weighted by molar-refractivity contribution is 9.09. The van der Waals surface area contributed by atoms with Gasteiger partial charge in [-0.15, -0.1) is 0 Å². The minimum absolute atomic E-state index is 0.0571. The maximum atomic E-state index is 11.0. The molecule has 3 N–H and O–H groups in total. The maximum Gasteiger partial charge on any atom is 0.407 e. The van der Waals surface area contributed by atoms with Crippen LogP contribution in [0.4, 0.5) is 10.6 Å². The Kier molecular flexibility index (Phi) is 3.25. The predicted molar refractivity (Wildman–Crippen MR) is 77.1 cm³/mol. The molecule has 3 rings (SSSR count). The Hall–Kier alpha value is -1.83. The van der Waals surface area contributed by atoms with E-state index in [2.05, 4.69) is 26.0 Å². The summed E-state index contributed by atoms with van der Waals surface area (Å²) in [5.41, 5.74) is 7.64. The van der Waals surface area contributed by atoms with Crippen molar-refractivity contribution in [3.05, 3.63) is 24.2 Å². The quantitative estimate of drug-likeness (QED) is 0.768. The second-order valence-electron chi connectivity index (χ2n) is 4.84. The zero-order chi connectivity index (χ0) is 14.3. The molecule has 0 spiro atoms. The summed E-state index contributed by atoms with van der Waals surface area (Å²) in [6.45, 7) is 0.990. The number of piperidine rings is 1. The molecule has 2 unspecified atom stereocenters. The SMILES string of the molecule is Nc1ncnn2c(C3CCN(C(=O)O)CC3Br)ccc12. The summed E-state index contributed by atoms with van der Waals surface area (Å²) in [5, 5.41) is 13.3. The second-order valence-corrected chi connectivity index (χ2v) is 6.02. The van der Waals surface area contributed by atoms with Gasteiger partial charge in [0.25, 0.3) is 0 Å². The van der Waals surface area contributed by atoms with Gasteiger partial charge < -0.3 is 15.7 Å². The number of hydrogen-bond donors (Lipinski definition) is 2. The molecule has 0 aliphatic carbocycles. The van der Waals surface area contributed by atoms with Gasteiger partial charge in [-0.1, -0.05) is 15.9 Å². The first-order valence-corrected chi connectivity index (χ1v) is 7.19. The summed E-state index contributed by atoms with van der Waals surface area (Å²) < 4.78 is 1.79. The zero-order valence-corrected chi connectivity index (χ0v) is 12.2. The lowest BCUT2D eigenvalue weighted by Gasteiger charge is -2.34. The van der Waals surface area contributed by atoms with Gasteiger partial charge in [0.2, 0.25) is 0 Å². The molecule has 106 valence electrons. The lowest BCUT2D eigenvalue weighted by Crippen LogP contribution is -2.43. The van der Waals surface area contributed by atoms with Gasteiger partial charge in [0, 0.05) is 29.5 Å². The fourth-order valence-electron chi connectivity index (χ4n) is 2.67. The fourth-order valence-corrected chi connectivity index (χ4v) is 3.55. The van der Waals surface area contributed by atoms with Crippen LogP contribution in [0.3, 0.4) is 0 Å². The van der Waals surface area contributed by atoms with Gasteiger partial charge in [0.1, 0.15) is 11.8 Å². The fraction of sp³-hybridized carbons (Fsp3) is 0.417. The summed E-state index contributed by atoms with van der Waals surface area (Å²) >= 11 is 3.60. The molecule has 0 radical (unpaired) electrons. The first-order chi connectivity index (χ1) is 9.58. The molecule has 1 aliphatic rings. The van der Waals surface area contributed by atoms with Gasteiger partial charge in [-0.3, -0.25) is 0 Å². The lowest BCUT2D eigenvalue weighted by atomic mass is 9.94. The molecule has 0 aromatic carbocycles. The topological polar surface area (TPSA) is 96.8 Å². The van der Waals surface area contributed by atoms with Crippen LogP contribution in [0.1, 0.15) is 18.0 Å². The Morgan fingerprint density at radius 1 is 1.50 bits per heavy atom. The normalized spacial score (nSPS) is 23.1. The average molecular weight is 340 g/mol. The highest BCUT2D eigenvalue weighted by Gasteiger charge is 2.32. The third kappa shape index (κ3) is 2.09.